The Hall–Kier alpha value is -1.70. The Kier molecular flexibility index (Phi) is 7.69. The molecule has 2 saturated carbocycles. The van der Waals surface area contributed by atoms with E-state index in [1.165, 1.54) is 74.6 Å². The van der Waals surface area contributed by atoms with Crippen LogP contribution in [0.3, 0.4) is 0 Å². The minimum atomic E-state index is -0.266. The molecule has 2 heteroatoms. The number of rotatable bonds is 6. The lowest BCUT2D eigenvalue weighted by molar-refractivity contribution is 0.122. The van der Waals surface area contributed by atoms with Crippen LogP contribution in [-0.4, -0.2) is 0 Å². The van der Waals surface area contributed by atoms with E-state index in [-0.39, 0.29) is 17.6 Å². The van der Waals surface area contributed by atoms with Gasteiger partial charge < -0.3 is 0 Å². The normalized spacial score (nSPS) is 27.3. The van der Waals surface area contributed by atoms with Crippen LogP contribution in [0.25, 0.3) is 0 Å². The highest BCUT2D eigenvalue weighted by Gasteiger charge is 2.35. The fourth-order valence-corrected chi connectivity index (χ4v) is 6.74. The van der Waals surface area contributed by atoms with Gasteiger partial charge in [0.15, 0.2) is 0 Å². The first-order valence-corrected chi connectivity index (χ1v) is 13.0. The van der Waals surface area contributed by atoms with Gasteiger partial charge in [-0.3, -0.25) is 0 Å². The molecular formula is C30H40F2. The summed E-state index contributed by atoms with van der Waals surface area (Å²) in [5.74, 6) is 2.83. The SMILES string of the molecule is CCCC(C1CCC(c2ccc(C)cc2)CC1)C1CCC(c2cc(F)c(C)cc2F)CC1. The Bertz CT molecular complexity index is 868. The van der Waals surface area contributed by atoms with Crippen molar-refractivity contribution >= 4 is 0 Å². The van der Waals surface area contributed by atoms with Crippen LogP contribution in [0, 0.1) is 43.2 Å². The number of hydrogen-bond acceptors (Lipinski definition) is 0. The number of benzene rings is 2. The third kappa shape index (κ3) is 5.26. The fourth-order valence-electron chi connectivity index (χ4n) is 6.74. The first-order valence-electron chi connectivity index (χ1n) is 13.0. The van der Waals surface area contributed by atoms with Gasteiger partial charge in [0.2, 0.25) is 0 Å². The van der Waals surface area contributed by atoms with Crippen molar-refractivity contribution in [2.24, 2.45) is 17.8 Å². The van der Waals surface area contributed by atoms with Crippen LogP contribution in [0.4, 0.5) is 8.78 Å². The number of hydrogen-bond donors (Lipinski definition) is 0. The molecule has 0 aliphatic heterocycles. The van der Waals surface area contributed by atoms with Gasteiger partial charge in [-0.05, 0) is 124 Å². The second kappa shape index (κ2) is 10.5. The molecule has 1 unspecified atom stereocenters. The Morgan fingerprint density at radius 1 is 0.750 bits per heavy atom. The summed E-state index contributed by atoms with van der Waals surface area (Å²) in [4.78, 5) is 0. The van der Waals surface area contributed by atoms with E-state index < -0.39 is 0 Å². The van der Waals surface area contributed by atoms with Gasteiger partial charge in [0.1, 0.15) is 11.6 Å². The molecule has 2 aliphatic carbocycles. The predicted molar refractivity (Wildman–Crippen MR) is 130 cm³/mol. The van der Waals surface area contributed by atoms with Crippen molar-refractivity contribution in [3.63, 3.8) is 0 Å². The highest BCUT2D eigenvalue weighted by Crippen LogP contribution is 2.47. The molecule has 2 fully saturated rings. The third-order valence-corrected chi connectivity index (χ3v) is 8.64. The van der Waals surface area contributed by atoms with Crippen LogP contribution in [0.15, 0.2) is 36.4 Å². The molecule has 1 atom stereocenters. The maximum atomic E-state index is 14.5. The van der Waals surface area contributed by atoms with Crippen molar-refractivity contribution < 1.29 is 8.78 Å². The molecule has 0 amide bonds. The second-order valence-electron chi connectivity index (χ2n) is 10.7. The van der Waals surface area contributed by atoms with Crippen molar-refractivity contribution in [1.82, 2.24) is 0 Å². The molecule has 32 heavy (non-hydrogen) atoms. The van der Waals surface area contributed by atoms with E-state index in [2.05, 4.69) is 38.1 Å². The lowest BCUT2D eigenvalue weighted by atomic mass is 9.64. The first kappa shape index (κ1) is 23.5. The van der Waals surface area contributed by atoms with Crippen molar-refractivity contribution in [3.05, 3.63) is 70.3 Å². The molecule has 0 spiro atoms. The minimum Gasteiger partial charge on any atom is -0.207 e. The molecule has 2 aromatic rings. The van der Waals surface area contributed by atoms with Gasteiger partial charge in [-0.25, -0.2) is 8.78 Å². The predicted octanol–water partition coefficient (Wildman–Crippen LogP) is 9.25. The van der Waals surface area contributed by atoms with E-state index in [1.54, 1.807) is 6.92 Å². The van der Waals surface area contributed by atoms with Gasteiger partial charge in [0.25, 0.3) is 0 Å². The number of aryl methyl sites for hydroxylation is 2. The largest absolute Gasteiger partial charge is 0.207 e. The van der Waals surface area contributed by atoms with Crippen LogP contribution in [0.2, 0.25) is 0 Å². The molecule has 0 aromatic heterocycles. The average Bonchev–Trinajstić information content (AvgIpc) is 2.81. The Labute approximate surface area is 193 Å². The van der Waals surface area contributed by atoms with Crippen LogP contribution in [-0.2, 0) is 0 Å². The summed E-state index contributed by atoms with van der Waals surface area (Å²) in [5.41, 5.74) is 3.88. The molecule has 0 nitrogen and oxygen atoms in total. The van der Waals surface area contributed by atoms with E-state index in [9.17, 15) is 8.78 Å². The Balaban J connectivity index is 1.36. The van der Waals surface area contributed by atoms with Crippen molar-refractivity contribution in [3.8, 4) is 0 Å². The summed E-state index contributed by atoms with van der Waals surface area (Å²) < 4.78 is 28.6. The first-order chi connectivity index (χ1) is 15.5. The standard InChI is InChI=1S/C30H40F2/c1-4-5-27(24-12-10-23(11-13-24)22-8-6-20(2)7-9-22)25-14-16-26(17-15-25)28-19-29(31)21(3)18-30(28)32/h6-9,18-19,23-27H,4-5,10-17H2,1-3H3. The van der Waals surface area contributed by atoms with Gasteiger partial charge in [0, 0.05) is 0 Å². The van der Waals surface area contributed by atoms with E-state index in [0.717, 1.165) is 36.5 Å². The lowest BCUT2D eigenvalue weighted by Gasteiger charge is -2.41. The van der Waals surface area contributed by atoms with Crippen LogP contribution in [0.5, 0.6) is 0 Å². The highest BCUT2D eigenvalue weighted by atomic mass is 19.1. The second-order valence-corrected chi connectivity index (χ2v) is 10.7. The van der Waals surface area contributed by atoms with E-state index >= 15 is 0 Å². The molecular weight excluding hydrogens is 398 g/mol. The summed E-state index contributed by atoms with van der Waals surface area (Å²) in [6, 6.07) is 12.0. The summed E-state index contributed by atoms with van der Waals surface area (Å²) >= 11 is 0. The summed E-state index contributed by atoms with van der Waals surface area (Å²) in [7, 11) is 0. The molecule has 2 aliphatic rings. The van der Waals surface area contributed by atoms with Crippen LogP contribution < -0.4 is 0 Å². The van der Waals surface area contributed by atoms with E-state index in [1.807, 2.05) is 0 Å². The van der Waals surface area contributed by atoms with Gasteiger partial charge in [-0.15, -0.1) is 0 Å². The molecule has 0 saturated heterocycles. The average molecular weight is 439 g/mol. The minimum absolute atomic E-state index is 0.181. The maximum absolute atomic E-state index is 14.5. The molecule has 174 valence electrons. The fraction of sp³-hybridized carbons (Fsp3) is 0.600. The zero-order valence-electron chi connectivity index (χ0n) is 20.2. The molecule has 0 N–H and O–H groups in total. The zero-order chi connectivity index (χ0) is 22.7. The van der Waals surface area contributed by atoms with Crippen LogP contribution in [0.1, 0.15) is 105 Å². The quantitative estimate of drug-likeness (QED) is 0.421. The number of halogens is 2. The summed E-state index contributed by atoms with van der Waals surface area (Å²) in [5, 5.41) is 0. The van der Waals surface area contributed by atoms with E-state index in [4.69, 9.17) is 0 Å². The molecule has 0 bridgehead atoms. The maximum Gasteiger partial charge on any atom is 0.127 e. The Morgan fingerprint density at radius 2 is 1.31 bits per heavy atom. The smallest absolute Gasteiger partial charge is 0.127 e. The van der Waals surface area contributed by atoms with Crippen molar-refractivity contribution in [2.75, 3.05) is 0 Å². The topological polar surface area (TPSA) is 0 Å². The highest BCUT2D eigenvalue weighted by molar-refractivity contribution is 5.28. The summed E-state index contributed by atoms with van der Waals surface area (Å²) in [6.45, 7) is 6.12. The van der Waals surface area contributed by atoms with Crippen LogP contribution >= 0.6 is 0 Å². The van der Waals surface area contributed by atoms with E-state index in [0.29, 0.717) is 11.1 Å². The molecule has 4 rings (SSSR count). The molecule has 0 heterocycles. The van der Waals surface area contributed by atoms with Gasteiger partial charge in [-0.2, -0.15) is 0 Å². The molecule has 0 radical (unpaired) electrons. The zero-order valence-corrected chi connectivity index (χ0v) is 20.2. The van der Waals surface area contributed by atoms with Gasteiger partial charge in [-0.1, -0.05) is 49.6 Å². The van der Waals surface area contributed by atoms with Gasteiger partial charge >= 0.3 is 0 Å². The Morgan fingerprint density at radius 3 is 1.88 bits per heavy atom. The monoisotopic (exact) mass is 438 g/mol. The lowest BCUT2D eigenvalue weighted by Crippen LogP contribution is -2.30. The van der Waals surface area contributed by atoms with Crippen molar-refractivity contribution in [1.29, 1.82) is 0 Å². The molecule has 2 aromatic carbocycles. The summed E-state index contributed by atoms with van der Waals surface area (Å²) in [6.07, 6.45) is 12.2. The third-order valence-electron chi connectivity index (χ3n) is 8.64. The van der Waals surface area contributed by atoms with Crippen molar-refractivity contribution in [2.45, 2.75) is 96.8 Å². The van der Waals surface area contributed by atoms with Gasteiger partial charge in [0.05, 0.1) is 0 Å².